The minimum Gasteiger partial charge on any atom is -0.391 e. The largest absolute Gasteiger partial charge is 0.391 e. The third-order valence-corrected chi connectivity index (χ3v) is 4.44. The summed E-state index contributed by atoms with van der Waals surface area (Å²) in [4.78, 5) is 5.00. The molecule has 1 heterocycles. The van der Waals surface area contributed by atoms with Gasteiger partial charge in [-0.3, -0.25) is 4.90 Å². The predicted molar refractivity (Wildman–Crippen MR) is 66.5 cm³/mol. The molecular weight excluding hydrogens is 200 g/mol. The molecule has 0 aromatic carbocycles. The lowest BCUT2D eigenvalue weighted by atomic mass is 9.90. The zero-order chi connectivity index (χ0) is 11.5. The van der Waals surface area contributed by atoms with Crippen LogP contribution in [0.25, 0.3) is 0 Å². The fraction of sp³-hybridized carbons (Fsp3) is 1.00. The molecule has 94 valence electrons. The first kappa shape index (κ1) is 12.3. The van der Waals surface area contributed by atoms with Crippen molar-refractivity contribution in [1.82, 2.24) is 9.80 Å². The van der Waals surface area contributed by atoms with Gasteiger partial charge in [-0.25, -0.2) is 0 Å². The lowest BCUT2D eigenvalue weighted by Gasteiger charge is -2.45. The van der Waals surface area contributed by atoms with Gasteiger partial charge in [0, 0.05) is 31.7 Å². The molecule has 3 nitrogen and oxygen atoms in total. The third kappa shape index (κ3) is 2.58. The summed E-state index contributed by atoms with van der Waals surface area (Å²) in [5, 5.41) is 10.1. The van der Waals surface area contributed by atoms with Crippen molar-refractivity contribution < 1.29 is 5.11 Å². The van der Waals surface area contributed by atoms with E-state index in [1.807, 2.05) is 0 Å². The summed E-state index contributed by atoms with van der Waals surface area (Å²) < 4.78 is 0. The Hall–Kier alpha value is -0.120. The van der Waals surface area contributed by atoms with E-state index in [-0.39, 0.29) is 6.10 Å². The molecule has 1 aliphatic heterocycles. The molecule has 2 fully saturated rings. The SMILES string of the molecule is CCC1CN(C2CCCCC2O)CCN1C. The topological polar surface area (TPSA) is 26.7 Å². The van der Waals surface area contributed by atoms with E-state index in [4.69, 9.17) is 0 Å². The van der Waals surface area contributed by atoms with Gasteiger partial charge in [0.05, 0.1) is 6.10 Å². The van der Waals surface area contributed by atoms with Gasteiger partial charge in [-0.05, 0) is 26.3 Å². The minimum atomic E-state index is -0.0744. The van der Waals surface area contributed by atoms with Gasteiger partial charge in [-0.2, -0.15) is 0 Å². The Bertz CT molecular complexity index is 222. The molecule has 0 aromatic heterocycles. The molecule has 16 heavy (non-hydrogen) atoms. The highest BCUT2D eigenvalue weighted by molar-refractivity contribution is 4.88. The van der Waals surface area contributed by atoms with Crippen molar-refractivity contribution in [2.75, 3.05) is 26.7 Å². The Kier molecular flexibility index (Phi) is 4.22. The molecule has 1 saturated carbocycles. The maximum absolute atomic E-state index is 10.1. The van der Waals surface area contributed by atoms with E-state index < -0.39 is 0 Å². The number of rotatable bonds is 2. The second kappa shape index (κ2) is 5.48. The van der Waals surface area contributed by atoms with E-state index >= 15 is 0 Å². The zero-order valence-corrected chi connectivity index (χ0v) is 10.7. The maximum atomic E-state index is 10.1. The van der Waals surface area contributed by atoms with Gasteiger partial charge >= 0.3 is 0 Å². The van der Waals surface area contributed by atoms with Gasteiger partial charge in [-0.1, -0.05) is 19.8 Å². The van der Waals surface area contributed by atoms with Crippen LogP contribution in [0, 0.1) is 0 Å². The van der Waals surface area contributed by atoms with Gasteiger partial charge < -0.3 is 10.0 Å². The van der Waals surface area contributed by atoms with Gasteiger partial charge in [0.1, 0.15) is 0 Å². The van der Waals surface area contributed by atoms with Crippen molar-refractivity contribution in [2.45, 2.75) is 57.2 Å². The second-order valence-corrected chi connectivity index (χ2v) is 5.46. The Morgan fingerprint density at radius 1 is 1.19 bits per heavy atom. The smallest absolute Gasteiger partial charge is 0.0695 e. The molecule has 3 heteroatoms. The van der Waals surface area contributed by atoms with Gasteiger partial charge in [0.15, 0.2) is 0 Å². The van der Waals surface area contributed by atoms with Gasteiger partial charge in [0.2, 0.25) is 0 Å². The van der Waals surface area contributed by atoms with Crippen LogP contribution in [0.3, 0.4) is 0 Å². The average Bonchev–Trinajstić information content (AvgIpc) is 2.31. The Morgan fingerprint density at radius 2 is 1.94 bits per heavy atom. The van der Waals surface area contributed by atoms with Crippen molar-refractivity contribution in [3.05, 3.63) is 0 Å². The third-order valence-electron chi connectivity index (χ3n) is 4.44. The normalized spacial score (nSPS) is 38.8. The van der Waals surface area contributed by atoms with Crippen molar-refractivity contribution in [3.8, 4) is 0 Å². The fourth-order valence-corrected chi connectivity index (χ4v) is 3.23. The summed E-state index contributed by atoms with van der Waals surface area (Å²) in [7, 11) is 2.23. The predicted octanol–water partition coefficient (Wildman–Crippen LogP) is 1.32. The van der Waals surface area contributed by atoms with E-state index in [0.717, 1.165) is 26.1 Å². The van der Waals surface area contributed by atoms with Crippen LogP contribution in [0.4, 0.5) is 0 Å². The van der Waals surface area contributed by atoms with Crippen LogP contribution in [0.2, 0.25) is 0 Å². The molecule has 1 saturated heterocycles. The summed E-state index contributed by atoms with van der Waals surface area (Å²) in [5.41, 5.74) is 0. The molecule has 0 bridgehead atoms. The number of hydrogen-bond donors (Lipinski definition) is 1. The maximum Gasteiger partial charge on any atom is 0.0695 e. The second-order valence-electron chi connectivity index (χ2n) is 5.46. The number of piperazine rings is 1. The van der Waals surface area contributed by atoms with E-state index in [0.29, 0.717) is 12.1 Å². The summed E-state index contributed by atoms with van der Waals surface area (Å²) in [6, 6.07) is 1.12. The molecule has 3 atom stereocenters. The summed E-state index contributed by atoms with van der Waals surface area (Å²) in [5.74, 6) is 0. The molecule has 1 N–H and O–H groups in total. The molecule has 0 spiro atoms. The molecule has 0 radical (unpaired) electrons. The quantitative estimate of drug-likeness (QED) is 0.769. The Morgan fingerprint density at radius 3 is 2.62 bits per heavy atom. The molecule has 0 amide bonds. The first-order chi connectivity index (χ1) is 7.72. The summed E-state index contributed by atoms with van der Waals surface area (Å²) in [6.45, 7) is 5.70. The molecular formula is C13H26N2O. The summed E-state index contributed by atoms with van der Waals surface area (Å²) in [6.07, 6.45) is 5.85. The number of nitrogens with zero attached hydrogens (tertiary/aromatic N) is 2. The van der Waals surface area contributed by atoms with Crippen molar-refractivity contribution in [2.24, 2.45) is 0 Å². The van der Waals surface area contributed by atoms with Crippen LogP contribution in [0.15, 0.2) is 0 Å². The van der Waals surface area contributed by atoms with E-state index in [9.17, 15) is 5.11 Å². The van der Waals surface area contributed by atoms with E-state index in [2.05, 4.69) is 23.8 Å². The minimum absolute atomic E-state index is 0.0744. The Labute approximate surface area is 99.4 Å². The summed E-state index contributed by atoms with van der Waals surface area (Å²) >= 11 is 0. The number of aliphatic hydroxyl groups is 1. The average molecular weight is 226 g/mol. The Balaban J connectivity index is 1.93. The first-order valence-electron chi connectivity index (χ1n) is 6.84. The molecule has 0 aromatic rings. The van der Waals surface area contributed by atoms with Crippen molar-refractivity contribution in [1.29, 1.82) is 0 Å². The van der Waals surface area contributed by atoms with Crippen LogP contribution in [-0.4, -0.2) is 59.8 Å². The van der Waals surface area contributed by atoms with E-state index in [1.165, 1.54) is 25.7 Å². The lowest BCUT2D eigenvalue weighted by molar-refractivity contribution is -0.0167. The number of likely N-dealkylation sites (N-methyl/N-ethyl adjacent to an activating group) is 1. The molecule has 2 aliphatic rings. The monoisotopic (exact) mass is 226 g/mol. The molecule has 2 rings (SSSR count). The van der Waals surface area contributed by atoms with Crippen LogP contribution in [0.1, 0.15) is 39.0 Å². The lowest BCUT2D eigenvalue weighted by Crippen LogP contribution is -2.57. The highest BCUT2D eigenvalue weighted by Gasteiger charge is 2.32. The van der Waals surface area contributed by atoms with Crippen molar-refractivity contribution >= 4 is 0 Å². The fourth-order valence-electron chi connectivity index (χ4n) is 3.23. The van der Waals surface area contributed by atoms with Crippen LogP contribution in [0.5, 0.6) is 0 Å². The molecule has 1 aliphatic carbocycles. The highest BCUT2D eigenvalue weighted by atomic mass is 16.3. The van der Waals surface area contributed by atoms with Crippen LogP contribution < -0.4 is 0 Å². The highest BCUT2D eigenvalue weighted by Crippen LogP contribution is 2.25. The van der Waals surface area contributed by atoms with Gasteiger partial charge in [-0.15, -0.1) is 0 Å². The zero-order valence-electron chi connectivity index (χ0n) is 10.7. The van der Waals surface area contributed by atoms with Crippen LogP contribution >= 0.6 is 0 Å². The van der Waals surface area contributed by atoms with E-state index in [1.54, 1.807) is 0 Å². The number of aliphatic hydroxyl groups excluding tert-OH is 1. The molecule has 3 unspecified atom stereocenters. The van der Waals surface area contributed by atoms with Crippen LogP contribution in [-0.2, 0) is 0 Å². The van der Waals surface area contributed by atoms with Crippen molar-refractivity contribution in [3.63, 3.8) is 0 Å². The first-order valence-corrected chi connectivity index (χ1v) is 6.84. The van der Waals surface area contributed by atoms with Gasteiger partial charge in [0.25, 0.3) is 0 Å². The number of hydrogen-bond acceptors (Lipinski definition) is 3. The standard InChI is InChI=1S/C13H26N2O/c1-3-11-10-15(9-8-14(11)2)12-6-4-5-7-13(12)16/h11-13,16H,3-10H2,1-2H3.